The molecule has 0 aliphatic carbocycles. The highest BCUT2D eigenvalue weighted by Crippen LogP contribution is 2.31. The third-order valence-electron chi connectivity index (χ3n) is 4.02. The molecule has 1 aromatic carbocycles. The first-order valence-corrected chi connectivity index (χ1v) is 9.14. The van der Waals surface area contributed by atoms with Gasteiger partial charge in [0.1, 0.15) is 11.3 Å². The molecular weight excluding hydrogens is 447 g/mol. The van der Waals surface area contributed by atoms with E-state index in [0.717, 1.165) is 12.4 Å². The van der Waals surface area contributed by atoms with E-state index in [2.05, 4.69) is 20.3 Å². The predicted octanol–water partition coefficient (Wildman–Crippen LogP) is 5.30. The number of nitrogens with zero attached hydrogens (tertiary/aromatic N) is 3. The topological polar surface area (TPSA) is 67.8 Å². The number of aromatic nitrogens is 3. The smallest absolute Gasteiger partial charge is 0.347 e. The van der Waals surface area contributed by atoms with Crippen LogP contribution in [-0.2, 0) is 6.18 Å². The zero-order valence-electron chi connectivity index (χ0n) is 14.9. The number of alkyl halides is 4. The molecule has 0 spiro atoms. The molecule has 156 valence electrons. The molecule has 0 fully saturated rings. The van der Waals surface area contributed by atoms with Crippen LogP contribution in [0.25, 0.3) is 11.1 Å². The number of pyridine rings is 1. The Balaban J connectivity index is 1.72. The first-order valence-electron chi connectivity index (χ1n) is 8.38. The van der Waals surface area contributed by atoms with Crippen molar-refractivity contribution in [2.45, 2.75) is 12.3 Å². The first kappa shape index (κ1) is 21.9. The highest BCUT2D eigenvalue weighted by atomic mass is 35.5. The summed E-state index contributed by atoms with van der Waals surface area (Å²) in [6, 6.07) is 7.85. The summed E-state index contributed by atoms with van der Waals surface area (Å²) in [7, 11) is 0. The van der Waals surface area contributed by atoms with E-state index in [9.17, 15) is 22.4 Å². The van der Waals surface area contributed by atoms with Gasteiger partial charge in [-0.1, -0.05) is 35.3 Å². The number of hydrogen-bond donors (Lipinski definition) is 1. The molecule has 11 heteroatoms. The number of nitrogens with one attached hydrogen (secondary N) is 1. The van der Waals surface area contributed by atoms with Crippen LogP contribution in [0.3, 0.4) is 0 Å². The molecule has 0 saturated heterocycles. The third kappa shape index (κ3) is 5.03. The van der Waals surface area contributed by atoms with E-state index in [1.54, 1.807) is 18.2 Å². The maximum atomic E-state index is 14.6. The van der Waals surface area contributed by atoms with Crippen molar-refractivity contribution in [3.63, 3.8) is 0 Å². The van der Waals surface area contributed by atoms with Gasteiger partial charge in [0, 0.05) is 34.7 Å². The fourth-order valence-corrected chi connectivity index (χ4v) is 3.01. The molecule has 3 aromatic rings. The molecule has 30 heavy (non-hydrogen) atoms. The molecule has 1 N–H and O–H groups in total. The Kier molecular flexibility index (Phi) is 6.52. The van der Waals surface area contributed by atoms with Crippen molar-refractivity contribution in [2.24, 2.45) is 0 Å². The molecule has 0 saturated carbocycles. The lowest BCUT2D eigenvalue weighted by atomic mass is 10.0. The quantitative estimate of drug-likeness (QED) is 0.415. The number of halogens is 6. The van der Waals surface area contributed by atoms with E-state index in [4.69, 9.17) is 23.2 Å². The Morgan fingerprint density at radius 2 is 1.73 bits per heavy atom. The zero-order chi connectivity index (χ0) is 21.9. The number of hydrogen-bond acceptors (Lipinski definition) is 4. The summed E-state index contributed by atoms with van der Waals surface area (Å²) >= 11 is 11.9. The summed E-state index contributed by atoms with van der Waals surface area (Å²) in [4.78, 5) is 22.6. The van der Waals surface area contributed by atoms with Crippen LogP contribution in [0.15, 0.2) is 48.9 Å². The summed E-state index contributed by atoms with van der Waals surface area (Å²) in [6.07, 6.45) is -3.34. The fourth-order valence-electron chi connectivity index (χ4n) is 2.59. The van der Waals surface area contributed by atoms with Crippen molar-refractivity contribution in [2.75, 3.05) is 6.54 Å². The second kappa shape index (κ2) is 8.93. The Bertz CT molecular complexity index is 1060. The lowest BCUT2D eigenvalue weighted by Crippen LogP contribution is -2.30. The highest BCUT2D eigenvalue weighted by Gasteiger charge is 2.38. The molecular formula is C19H12Cl2F4N4O. The molecule has 0 radical (unpaired) electrons. The van der Waals surface area contributed by atoms with E-state index in [1.807, 2.05) is 0 Å². The average molecular weight is 459 g/mol. The van der Waals surface area contributed by atoms with Crippen molar-refractivity contribution in [1.29, 1.82) is 0 Å². The Morgan fingerprint density at radius 1 is 1.03 bits per heavy atom. The summed E-state index contributed by atoms with van der Waals surface area (Å²) in [6.45, 7) is -0.603. The summed E-state index contributed by atoms with van der Waals surface area (Å²) in [5.74, 6) is -1.20. The molecule has 0 aliphatic rings. The Hall–Kier alpha value is -2.78. The van der Waals surface area contributed by atoms with Gasteiger partial charge in [-0.25, -0.2) is 19.3 Å². The number of carbonyl (C=O) groups excluding carboxylic acids is 1. The minimum atomic E-state index is -4.87. The lowest BCUT2D eigenvalue weighted by molar-refractivity contribution is -0.141. The van der Waals surface area contributed by atoms with Crippen molar-refractivity contribution in [3.8, 4) is 11.1 Å². The summed E-state index contributed by atoms with van der Waals surface area (Å²) in [5.41, 5.74) is -0.944. The summed E-state index contributed by atoms with van der Waals surface area (Å²) < 4.78 is 53.4. The van der Waals surface area contributed by atoms with Crippen LogP contribution in [0.2, 0.25) is 10.2 Å². The van der Waals surface area contributed by atoms with Gasteiger partial charge in [0.2, 0.25) is 0 Å². The maximum absolute atomic E-state index is 14.6. The number of amides is 1. The highest BCUT2D eigenvalue weighted by molar-refractivity contribution is 6.31. The molecule has 2 heterocycles. The van der Waals surface area contributed by atoms with Crippen LogP contribution < -0.4 is 5.32 Å². The van der Waals surface area contributed by atoms with Crippen LogP contribution in [0.5, 0.6) is 0 Å². The van der Waals surface area contributed by atoms with Crippen LogP contribution in [0.4, 0.5) is 17.6 Å². The predicted molar refractivity (Wildman–Crippen MR) is 103 cm³/mol. The number of benzene rings is 1. The minimum absolute atomic E-state index is 0.0674. The largest absolute Gasteiger partial charge is 0.435 e. The second-order valence-electron chi connectivity index (χ2n) is 6.03. The monoisotopic (exact) mass is 458 g/mol. The van der Waals surface area contributed by atoms with Gasteiger partial charge in [0.05, 0.1) is 6.54 Å². The van der Waals surface area contributed by atoms with Gasteiger partial charge in [0.15, 0.2) is 11.4 Å². The standard InChI is InChI=1S/C19H12Cl2F4N4O/c20-13-7-10(11-2-4-15(21)28-8-11)1-3-12(13)14(22)9-29-18(30)16-17(19(23,24)25)27-6-5-26-16/h1-8,14H,9H2,(H,29,30). The molecule has 5 nitrogen and oxygen atoms in total. The van der Waals surface area contributed by atoms with Gasteiger partial charge in [-0.05, 0) is 23.8 Å². The van der Waals surface area contributed by atoms with E-state index in [0.29, 0.717) is 16.3 Å². The SMILES string of the molecule is O=C(NCC(F)c1ccc(-c2ccc(Cl)nc2)cc1Cl)c1nccnc1C(F)(F)F. The van der Waals surface area contributed by atoms with E-state index >= 15 is 0 Å². The van der Waals surface area contributed by atoms with Gasteiger partial charge < -0.3 is 5.32 Å². The molecule has 1 amide bonds. The van der Waals surface area contributed by atoms with Crippen LogP contribution in [0.1, 0.15) is 27.9 Å². The molecule has 2 aromatic heterocycles. The van der Waals surface area contributed by atoms with Crippen molar-refractivity contribution >= 4 is 29.1 Å². The van der Waals surface area contributed by atoms with Gasteiger partial charge in [-0.3, -0.25) is 4.79 Å². The molecule has 0 bridgehead atoms. The normalized spacial score (nSPS) is 12.5. The maximum Gasteiger partial charge on any atom is 0.435 e. The van der Waals surface area contributed by atoms with E-state index in [1.165, 1.54) is 18.3 Å². The van der Waals surface area contributed by atoms with Crippen LogP contribution >= 0.6 is 23.2 Å². The second-order valence-corrected chi connectivity index (χ2v) is 6.83. The Morgan fingerprint density at radius 3 is 2.37 bits per heavy atom. The summed E-state index contributed by atoms with van der Waals surface area (Å²) in [5, 5.41) is 2.49. The number of rotatable bonds is 5. The van der Waals surface area contributed by atoms with Gasteiger partial charge >= 0.3 is 6.18 Å². The minimum Gasteiger partial charge on any atom is -0.347 e. The molecule has 0 aliphatic heterocycles. The zero-order valence-corrected chi connectivity index (χ0v) is 16.4. The average Bonchev–Trinajstić information content (AvgIpc) is 2.71. The van der Waals surface area contributed by atoms with Crippen LogP contribution in [0, 0.1) is 0 Å². The lowest BCUT2D eigenvalue weighted by Gasteiger charge is -2.14. The van der Waals surface area contributed by atoms with E-state index in [-0.39, 0.29) is 10.6 Å². The van der Waals surface area contributed by atoms with Crippen molar-refractivity contribution in [1.82, 2.24) is 20.3 Å². The Labute approximate surface area is 178 Å². The molecule has 3 rings (SSSR count). The molecule has 1 atom stereocenters. The van der Waals surface area contributed by atoms with Crippen molar-refractivity contribution in [3.05, 3.63) is 76.0 Å². The first-order chi connectivity index (χ1) is 14.2. The molecule has 1 unspecified atom stereocenters. The van der Waals surface area contributed by atoms with E-state index < -0.39 is 36.2 Å². The van der Waals surface area contributed by atoms with Gasteiger partial charge in [-0.2, -0.15) is 13.2 Å². The number of carbonyl (C=O) groups is 1. The third-order valence-corrected chi connectivity index (χ3v) is 4.57. The van der Waals surface area contributed by atoms with Gasteiger partial charge in [-0.15, -0.1) is 0 Å². The van der Waals surface area contributed by atoms with Crippen molar-refractivity contribution < 1.29 is 22.4 Å². The van der Waals surface area contributed by atoms with Gasteiger partial charge in [0.25, 0.3) is 5.91 Å². The fraction of sp³-hybridized carbons (Fsp3) is 0.158. The van der Waals surface area contributed by atoms with Crippen LogP contribution in [-0.4, -0.2) is 27.4 Å².